The van der Waals surface area contributed by atoms with E-state index < -0.39 is 29.4 Å². The van der Waals surface area contributed by atoms with Gasteiger partial charge in [0, 0.05) is 28.8 Å². The molecule has 398 valence electrons. The number of rotatable bonds is 14. The number of nitrogens with zero attached hydrogens (tertiary/aromatic N) is 8. The van der Waals surface area contributed by atoms with Crippen LogP contribution in [0.15, 0.2) is 81.8 Å². The van der Waals surface area contributed by atoms with Gasteiger partial charge in [-0.05, 0) is 154 Å². The van der Waals surface area contributed by atoms with Crippen LogP contribution in [-0.2, 0) is 31.8 Å². The molecule has 6 aromatic rings. The van der Waals surface area contributed by atoms with Crippen LogP contribution < -0.4 is 9.47 Å². The Balaban J connectivity index is 0.000000221. The van der Waals surface area contributed by atoms with Crippen molar-refractivity contribution < 1.29 is 52.2 Å². The van der Waals surface area contributed by atoms with Crippen LogP contribution in [0.1, 0.15) is 116 Å². The summed E-state index contributed by atoms with van der Waals surface area (Å²) in [6, 6.07) is 21.3. The van der Waals surface area contributed by atoms with E-state index in [-0.39, 0.29) is 49.9 Å². The van der Waals surface area contributed by atoms with E-state index in [9.17, 15) is 19.5 Å². The van der Waals surface area contributed by atoms with Crippen molar-refractivity contribution in [2.45, 2.75) is 130 Å². The van der Waals surface area contributed by atoms with E-state index in [4.69, 9.17) is 45.9 Å². The van der Waals surface area contributed by atoms with Gasteiger partial charge in [-0.15, -0.1) is 0 Å². The number of hydrogen-bond donors (Lipinski definition) is 1. The number of benzene rings is 4. The Morgan fingerprint density at radius 2 is 1.12 bits per heavy atom. The van der Waals surface area contributed by atoms with Crippen molar-refractivity contribution in [3.05, 3.63) is 118 Å². The standard InChI is InChI=1S/C29H32N4O6.C28H32N4O5/c1-17(2)37-24-14-11-18(15-22(24)30-6)27-31-26(32-39-27)21-10-8-9-20-19(21)12-13-23(20)33(16-25(34)36-7)28(35)38-29(3,4)5;1-17(2)35-24-13-10-18(16-22(24)29-6)26-30-25(31-37-26)21-9-7-8-20-19(21)11-12-23(20)32(14-15-33)27(34)36-28(3,4)5/h8-11,14-15,17,23H,12-13,16H2,1-5,7H3;7-10,13,16-17,23,33H,11-12,14-15H2,1-5H3/t2*23-/m00/s1. The molecule has 0 radical (unpaired) electrons. The molecule has 76 heavy (non-hydrogen) atoms. The summed E-state index contributed by atoms with van der Waals surface area (Å²) in [7, 11) is 1.29. The first kappa shape index (κ1) is 55.5. The van der Waals surface area contributed by atoms with Crippen molar-refractivity contribution in [3.8, 4) is 57.2 Å². The van der Waals surface area contributed by atoms with Gasteiger partial charge < -0.3 is 37.8 Å². The number of aliphatic hydroxyl groups excluding tert-OH is 1. The number of carbonyl (C=O) groups excluding carboxylic acids is 3. The fourth-order valence-corrected chi connectivity index (χ4v) is 9.04. The number of fused-ring (bicyclic) bond motifs is 2. The van der Waals surface area contributed by atoms with Gasteiger partial charge >= 0.3 is 18.2 Å². The third-order valence-electron chi connectivity index (χ3n) is 12.1. The molecule has 0 saturated carbocycles. The van der Waals surface area contributed by atoms with Crippen LogP contribution in [0.4, 0.5) is 21.0 Å². The lowest BCUT2D eigenvalue weighted by Gasteiger charge is -2.31. The van der Waals surface area contributed by atoms with E-state index >= 15 is 0 Å². The summed E-state index contributed by atoms with van der Waals surface area (Å²) in [5, 5.41) is 18.0. The predicted molar refractivity (Wildman–Crippen MR) is 281 cm³/mol. The van der Waals surface area contributed by atoms with Gasteiger partial charge in [0.15, 0.2) is 0 Å². The second-order valence-electron chi connectivity index (χ2n) is 20.7. The van der Waals surface area contributed by atoms with Crippen molar-refractivity contribution in [1.29, 1.82) is 0 Å². The fourth-order valence-electron chi connectivity index (χ4n) is 9.04. The van der Waals surface area contributed by atoms with Gasteiger partial charge in [-0.25, -0.2) is 19.3 Å². The second kappa shape index (κ2) is 23.5. The van der Waals surface area contributed by atoms with Gasteiger partial charge in [-0.2, -0.15) is 9.97 Å². The topological polar surface area (TPSA) is 211 Å². The average molecular weight is 1040 g/mol. The molecule has 2 aromatic heterocycles. The molecule has 2 aliphatic rings. The zero-order chi connectivity index (χ0) is 55.1. The summed E-state index contributed by atoms with van der Waals surface area (Å²) in [4.78, 5) is 57.6. The quantitative estimate of drug-likeness (QED) is 0.0611. The number of methoxy groups -OCH3 is 1. The first-order valence-electron chi connectivity index (χ1n) is 25.1. The van der Waals surface area contributed by atoms with E-state index in [1.807, 2.05) is 84.9 Å². The summed E-state index contributed by atoms with van der Waals surface area (Å²) in [6.07, 6.45) is 1.51. The van der Waals surface area contributed by atoms with Crippen LogP contribution in [0.3, 0.4) is 0 Å². The smallest absolute Gasteiger partial charge is 0.411 e. The Morgan fingerprint density at radius 1 is 0.684 bits per heavy atom. The maximum absolute atomic E-state index is 13.1. The summed E-state index contributed by atoms with van der Waals surface area (Å²) >= 11 is 0. The maximum Gasteiger partial charge on any atom is 0.411 e. The number of ether oxygens (including phenoxy) is 5. The van der Waals surface area contributed by atoms with E-state index in [1.54, 1.807) is 62.1 Å². The summed E-state index contributed by atoms with van der Waals surface area (Å²) < 4.78 is 38.6. The molecule has 2 aliphatic carbocycles. The summed E-state index contributed by atoms with van der Waals surface area (Å²) in [5.74, 6) is 1.89. The number of amides is 2. The van der Waals surface area contributed by atoms with Gasteiger partial charge in [0.2, 0.25) is 23.0 Å². The van der Waals surface area contributed by atoms with E-state index in [0.717, 1.165) is 33.4 Å². The molecular formula is C57H64N8O11. The first-order valence-corrected chi connectivity index (χ1v) is 25.1. The van der Waals surface area contributed by atoms with Crippen LogP contribution in [0.2, 0.25) is 0 Å². The zero-order valence-corrected chi connectivity index (χ0v) is 44.8. The largest absolute Gasteiger partial charge is 0.502 e. The van der Waals surface area contributed by atoms with E-state index in [1.165, 1.54) is 12.0 Å². The Kier molecular flexibility index (Phi) is 17.1. The molecule has 1 N–H and O–H groups in total. The van der Waals surface area contributed by atoms with Crippen LogP contribution in [-0.4, -0.2) is 104 Å². The number of hydrogen-bond acceptors (Lipinski definition) is 15. The third kappa shape index (κ3) is 13.1. The fraction of sp³-hybridized carbons (Fsp3) is 0.421. The van der Waals surface area contributed by atoms with Crippen LogP contribution >= 0.6 is 0 Å². The van der Waals surface area contributed by atoms with Crippen molar-refractivity contribution in [1.82, 2.24) is 30.1 Å². The number of carbonyl (C=O) groups is 3. The highest BCUT2D eigenvalue weighted by Crippen LogP contribution is 2.43. The first-order chi connectivity index (χ1) is 36.1. The minimum absolute atomic E-state index is 0.0472. The van der Waals surface area contributed by atoms with Gasteiger partial charge in [0.05, 0.1) is 51.2 Å². The third-order valence-corrected chi connectivity index (χ3v) is 12.1. The van der Waals surface area contributed by atoms with Crippen molar-refractivity contribution in [2.24, 2.45) is 0 Å². The Bertz CT molecular complexity index is 3150. The SMILES string of the molecule is [C-]#[N+]c1cc(-c2nc(-c3cccc4c3CC[C@@H]4N(CC(=O)OC)C(=O)OC(C)(C)C)no2)ccc1OC(C)C.[C-]#[N+]c1cc(-c2nc(-c3cccc4c3CC[C@@H]4N(CCO)C(=O)OC(C)(C)C)no2)ccc1OC(C)C. The van der Waals surface area contributed by atoms with Crippen LogP contribution in [0.5, 0.6) is 11.5 Å². The molecule has 0 saturated heterocycles. The lowest BCUT2D eigenvalue weighted by Crippen LogP contribution is -2.41. The molecule has 0 bridgehead atoms. The molecule has 0 fully saturated rings. The van der Waals surface area contributed by atoms with E-state index in [0.29, 0.717) is 77.2 Å². The Hall–Kier alpha value is -8.29. The molecule has 4 aromatic carbocycles. The van der Waals surface area contributed by atoms with Crippen LogP contribution in [0.25, 0.3) is 55.4 Å². The lowest BCUT2D eigenvalue weighted by molar-refractivity contribution is -0.142. The minimum atomic E-state index is -0.720. The molecular weight excluding hydrogens is 973 g/mol. The van der Waals surface area contributed by atoms with Gasteiger partial charge in [-0.1, -0.05) is 46.7 Å². The lowest BCUT2D eigenvalue weighted by atomic mass is 10.0. The highest BCUT2D eigenvalue weighted by atomic mass is 16.6. The van der Waals surface area contributed by atoms with Gasteiger partial charge in [0.25, 0.3) is 11.8 Å². The Labute approximate surface area is 442 Å². The van der Waals surface area contributed by atoms with Crippen molar-refractivity contribution >= 4 is 29.5 Å². The molecule has 2 heterocycles. The molecule has 19 heteroatoms. The van der Waals surface area contributed by atoms with E-state index in [2.05, 4.69) is 30.0 Å². The van der Waals surface area contributed by atoms with Gasteiger partial charge in [-0.3, -0.25) is 14.6 Å². The summed E-state index contributed by atoms with van der Waals surface area (Å²) in [6.45, 7) is 33.2. The molecule has 0 spiro atoms. The van der Waals surface area contributed by atoms with Gasteiger partial charge in [0.1, 0.15) is 29.2 Å². The van der Waals surface area contributed by atoms with Crippen molar-refractivity contribution in [3.63, 3.8) is 0 Å². The summed E-state index contributed by atoms with van der Waals surface area (Å²) in [5.41, 5.74) is 6.09. The van der Waals surface area contributed by atoms with Crippen molar-refractivity contribution in [2.75, 3.05) is 26.8 Å². The molecule has 8 rings (SSSR count). The second-order valence-corrected chi connectivity index (χ2v) is 20.7. The maximum atomic E-state index is 13.1. The van der Waals surface area contributed by atoms with Crippen LogP contribution in [0, 0.1) is 13.1 Å². The number of aliphatic hydroxyl groups is 1. The Morgan fingerprint density at radius 3 is 1.51 bits per heavy atom. The number of aromatic nitrogens is 4. The predicted octanol–water partition coefficient (Wildman–Crippen LogP) is 12.1. The normalized spacial score (nSPS) is 14.6. The zero-order valence-electron chi connectivity index (χ0n) is 44.8. The number of esters is 1. The molecule has 0 aliphatic heterocycles. The minimum Gasteiger partial charge on any atom is -0.502 e. The monoisotopic (exact) mass is 1040 g/mol. The highest BCUT2D eigenvalue weighted by Gasteiger charge is 2.38. The molecule has 19 nitrogen and oxygen atoms in total. The molecule has 2 amide bonds. The average Bonchev–Trinajstić information content (AvgIpc) is 4.21. The molecule has 0 unspecified atom stereocenters. The highest BCUT2D eigenvalue weighted by molar-refractivity contribution is 5.79. The molecule has 2 atom stereocenters.